The molecule has 0 aromatic carbocycles. The number of aromatic hydroxyl groups is 1. The maximum atomic E-state index is 11.8. The Morgan fingerprint density at radius 2 is 2.11 bits per heavy atom. The van der Waals surface area contributed by atoms with Gasteiger partial charge in [-0.1, -0.05) is 0 Å². The number of aromatic nitrogens is 8. The molecule has 0 aliphatic carbocycles. The highest BCUT2D eigenvalue weighted by Crippen LogP contribution is 2.31. The van der Waals surface area contributed by atoms with Gasteiger partial charge in [0.05, 0.1) is 17.4 Å². The van der Waals surface area contributed by atoms with Gasteiger partial charge < -0.3 is 10.8 Å². The van der Waals surface area contributed by atoms with Gasteiger partial charge in [-0.05, 0) is 20.8 Å². The molecular weight excluding hydrogens is 350 g/mol. The first-order valence-electron chi connectivity index (χ1n) is 8.24. The maximum absolute atomic E-state index is 11.8. The van der Waals surface area contributed by atoms with E-state index in [0.717, 1.165) is 0 Å². The molecule has 0 bridgehead atoms. The van der Waals surface area contributed by atoms with Crippen molar-refractivity contribution in [2.24, 2.45) is 5.73 Å². The Morgan fingerprint density at radius 3 is 2.81 bits per heavy atom. The average molecular weight is 367 g/mol. The minimum atomic E-state index is -0.671. The largest absolute Gasteiger partial charge is 0.504 e. The van der Waals surface area contributed by atoms with Gasteiger partial charge in [-0.15, -0.1) is 0 Å². The van der Waals surface area contributed by atoms with Crippen LogP contribution in [0.1, 0.15) is 28.9 Å². The lowest BCUT2D eigenvalue weighted by atomic mass is 10.3. The van der Waals surface area contributed by atoms with Crippen LogP contribution >= 0.6 is 0 Å². The molecule has 0 saturated heterocycles. The van der Waals surface area contributed by atoms with Gasteiger partial charge in [0.2, 0.25) is 11.6 Å². The number of rotatable bonds is 4. The average Bonchev–Trinajstić information content (AvgIpc) is 3.31. The maximum Gasteiger partial charge on any atom is 0.285 e. The lowest BCUT2D eigenvalue weighted by Gasteiger charge is -2.00. The van der Waals surface area contributed by atoms with E-state index < -0.39 is 5.91 Å². The molecule has 4 aromatic rings. The number of H-pyrrole nitrogens is 1. The van der Waals surface area contributed by atoms with E-state index in [-0.39, 0.29) is 17.4 Å². The van der Waals surface area contributed by atoms with Crippen LogP contribution in [0.4, 0.5) is 0 Å². The van der Waals surface area contributed by atoms with Crippen LogP contribution in [0.5, 0.6) is 5.75 Å². The standard InChI is InChI=1S/C16H17N9O2/c1-4-25-11(12(26)8(3)23-25)15-20-14(21-22-15)10-9-5-18-7(2)6-24(9)16(19-10)13(17)27/h5-6,26H,4H2,1-3H3,(H2,17,27)(H,20,21,22). The molecule has 4 N–H and O–H groups in total. The van der Waals surface area contributed by atoms with E-state index in [1.807, 2.05) is 6.92 Å². The highest BCUT2D eigenvalue weighted by atomic mass is 16.3. The van der Waals surface area contributed by atoms with E-state index in [9.17, 15) is 9.90 Å². The van der Waals surface area contributed by atoms with E-state index in [1.54, 1.807) is 35.3 Å². The second-order valence-electron chi connectivity index (χ2n) is 6.04. The molecule has 0 aliphatic heterocycles. The van der Waals surface area contributed by atoms with Gasteiger partial charge in [-0.25, -0.2) is 9.97 Å². The van der Waals surface area contributed by atoms with E-state index in [4.69, 9.17) is 5.73 Å². The first kappa shape index (κ1) is 16.7. The predicted octanol–water partition coefficient (Wildman–Crippen LogP) is 0.819. The number of fused-ring (bicyclic) bond motifs is 1. The van der Waals surface area contributed by atoms with E-state index in [2.05, 4.69) is 30.2 Å². The third-order valence-electron chi connectivity index (χ3n) is 4.19. The number of aromatic amines is 1. The number of nitrogens with two attached hydrogens (primary N) is 1. The zero-order chi connectivity index (χ0) is 19.3. The van der Waals surface area contributed by atoms with Gasteiger partial charge in [0, 0.05) is 12.7 Å². The highest BCUT2D eigenvalue weighted by molar-refractivity contribution is 5.92. The Morgan fingerprint density at radius 1 is 1.33 bits per heavy atom. The number of amides is 1. The number of aryl methyl sites for hydroxylation is 3. The normalized spacial score (nSPS) is 11.4. The van der Waals surface area contributed by atoms with Gasteiger partial charge in [0.25, 0.3) is 5.91 Å². The van der Waals surface area contributed by atoms with Crippen molar-refractivity contribution in [2.75, 3.05) is 0 Å². The minimum Gasteiger partial charge on any atom is -0.504 e. The summed E-state index contributed by atoms with van der Waals surface area (Å²) in [6.07, 6.45) is 3.25. The number of imidazole rings is 1. The Bertz CT molecular complexity index is 1180. The number of nitrogens with zero attached hydrogens (tertiary/aromatic N) is 7. The number of nitrogens with one attached hydrogen (secondary N) is 1. The highest BCUT2D eigenvalue weighted by Gasteiger charge is 2.23. The molecule has 0 fully saturated rings. The van der Waals surface area contributed by atoms with Crippen molar-refractivity contribution < 1.29 is 9.90 Å². The first-order chi connectivity index (χ1) is 12.9. The monoisotopic (exact) mass is 367 g/mol. The van der Waals surface area contributed by atoms with E-state index >= 15 is 0 Å². The lowest BCUT2D eigenvalue weighted by Crippen LogP contribution is -2.15. The van der Waals surface area contributed by atoms with Gasteiger partial charge in [0.15, 0.2) is 11.6 Å². The fourth-order valence-corrected chi connectivity index (χ4v) is 2.93. The Balaban J connectivity index is 1.89. The van der Waals surface area contributed by atoms with Crippen molar-refractivity contribution in [1.82, 2.24) is 39.3 Å². The predicted molar refractivity (Wildman–Crippen MR) is 94.9 cm³/mol. The number of hydrogen-bond donors (Lipinski definition) is 3. The van der Waals surface area contributed by atoms with Crippen molar-refractivity contribution in [3.8, 4) is 28.8 Å². The summed E-state index contributed by atoms with van der Waals surface area (Å²) >= 11 is 0. The van der Waals surface area contributed by atoms with Crippen LogP contribution < -0.4 is 5.73 Å². The number of carbonyl (C=O) groups is 1. The zero-order valence-corrected chi connectivity index (χ0v) is 14.9. The molecule has 0 spiro atoms. The number of hydrogen-bond acceptors (Lipinski definition) is 7. The quantitative estimate of drug-likeness (QED) is 0.482. The smallest absolute Gasteiger partial charge is 0.285 e. The molecular formula is C16H17N9O2. The molecule has 138 valence electrons. The van der Waals surface area contributed by atoms with Crippen LogP contribution in [0.3, 0.4) is 0 Å². The molecule has 4 rings (SSSR count). The molecule has 0 unspecified atom stereocenters. The second-order valence-corrected chi connectivity index (χ2v) is 6.04. The molecule has 4 aromatic heterocycles. The molecule has 11 heteroatoms. The molecule has 11 nitrogen and oxygen atoms in total. The number of carbonyl (C=O) groups excluding carboxylic acids is 1. The number of primary amides is 1. The summed E-state index contributed by atoms with van der Waals surface area (Å²) in [6, 6.07) is 0. The fourth-order valence-electron chi connectivity index (χ4n) is 2.93. The topological polar surface area (TPSA) is 153 Å². The SMILES string of the molecule is CCn1nc(C)c(O)c1-c1nc(-c2nc(C(N)=O)n3cc(C)ncc23)n[nH]1. The summed E-state index contributed by atoms with van der Waals surface area (Å²) in [5.74, 6) is 0.0156. The van der Waals surface area contributed by atoms with Crippen LogP contribution in [0.15, 0.2) is 12.4 Å². The molecule has 1 amide bonds. The molecule has 0 radical (unpaired) electrons. The van der Waals surface area contributed by atoms with Crippen LogP contribution in [0.2, 0.25) is 0 Å². The summed E-state index contributed by atoms with van der Waals surface area (Å²) in [6.45, 7) is 5.96. The Hall–Kier alpha value is -3.76. The molecule has 0 atom stereocenters. The third kappa shape index (κ3) is 2.51. The molecule has 0 saturated carbocycles. The molecule has 0 aliphatic rings. The lowest BCUT2D eigenvalue weighted by molar-refractivity contribution is 0.0990. The van der Waals surface area contributed by atoms with Crippen LogP contribution in [-0.4, -0.2) is 50.3 Å². The van der Waals surface area contributed by atoms with Gasteiger partial charge in [-0.3, -0.25) is 24.0 Å². The van der Waals surface area contributed by atoms with Crippen molar-refractivity contribution in [3.63, 3.8) is 0 Å². The first-order valence-corrected chi connectivity index (χ1v) is 8.24. The van der Waals surface area contributed by atoms with Crippen molar-refractivity contribution in [1.29, 1.82) is 0 Å². The van der Waals surface area contributed by atoms with E-state index in [0.29, 0.717) is 40.7 Å². The molecule has 27 heavy (non-hydrogen) atoms. The van der Waals surface area contributed by atoms with Crippen molar-refractivity contribution >= 4 is 11.4 Å². The van der Waals surface area contributed by atoms with Gasteiger partial charge >= 0.3 is 0 Å². The van der Waals surface area contributed by atoms with Crippen LogP contribution in [-0.2, 0) is 6.54 Å². The zero-order valence-electron chi connectivity index (χ0n) is 14.9. The van der Waals surface area contributed by atoms with Gasteiger partial charge in [-0.2, -0.15) is 10.2 Å². The fraction of sp³-hybridized carbons (Fsp3) is 0.250. The Kier molecular flexibility index (Phi) is 3.65. The van der Waals surface area contributed by atoms with Gasteiger partial charge in [0.1, 0.15) is 17.1 Å². The van der Waals surface area contributed by atoms with E-state index in [1.165, 1.54) is 0 Å². The minimum absolute atomic E-state index is 0.0318. The summed E-state index contributed by atoms with van der Waals surface area (Å²) in [4.78, 5) is 24.7. The third-order valence-corrected chi connectivity index (χ3v) is 4.19. The van der Waals surface area contributed by atoms with Crippen LogP contribution in [0.25, 0.3) is 28.6 Å². The summed E-state index contributed by atoms with van der Waals surface area (Å²) < 4.78 is 3.19. The Labute approximate surface area is 152 Å². The summed E-state index contributed by atoms with van der Waals surface area (Å²) in [5, 5.41) is 21.5. The van der Waals surface area contributed by atoms with Crippen LogP contribution in [0, 0.1) is 13.8 Å². The van der Waals surface area contributed by atoms with Crippen molar-refractivity contribution in [2.45, 2.75) is 27.3 Å². The summed E-state index contributed by atoms with van der Waals surface area (Å²) in [7, 11) is 0. The summed E-state index contributed by atoms with van der Waals surface area (Å²) in [5.41, 5.74) is 7.98. The second kappa shape index (κ2) is 5.90. The molecule has 4 heterocycles. The van der Waals surface area contributed by atoms with Crippen molar-refractivity contribution in [3.05, 3.63) is 29.6 Å².